The highest BCUT2D eigenvalue weighted by atomic mass is 19.1. The highest BCUT2D eigenvalue weighted by molar-refractivity contribution is 5.60. The number of halogens is 1. The normalized spacial score (nSPS) is 10.5. The van der Waals surface area contributed by atoms with E-state index in [4.69, 9.17) is 5.73 Å². The van der Waals surface area contributed by atoms with Gasteiger partial charge in [-0.3, -0.25) is 14.3 Å². The molecule has 20 heavy (non-hydrogen) atoms. The summed E-state index contributed by atoms with van der Waals surface area (Å²) in [6.45, 7) is 2.40. The average molecular weight is 278 g/mol. The first-order valence-corrected chi connectivity index (χ1v) is 6.13. The lowest BCUT2D eigenvalue weighted by Crippen LogP contribution is -2.33. The van der Waals surface area contributed by atoms with Gasteiger partial charge in [-0.2, -0.15) is 0 Å². The lowest BCUT2D eigenvalue weighted by atomic mass is 10.2. The molecule has 106 valence electrons. The van der Waals surface area contributed by atoms with Crippen molar-refractivity contribution in [3.05, 3.63) is 56.5 Å². The Bertz CT molecular complexity index is 719. The molecule has 2 rings (SSSR count). The first-order chi connectivity index (χ1) is 9.52. The van der Waals surface area contributed by atoms with E-state index in [0.29, 0.717) is 13.1 Å². The third-order valence-electron chi connectivity index (χ3n) is 2.94. The molecule has 1 heterocycles. The van der Waals surface area contributed by atoms with Gasteiger partial charge in [0.1, 0.15) is 17.3 Å². The molecule has 0 saturated carbocycles. The molecule has 0 atom stereocenters. The molecular weight excluding hydrogens is 263 g/mol. The number of hydrogen-bond acceptors (Lipinski definition) is 4. The van der Waals surface area contributed by atoms with Gasteiger partial charge in [0.15, 0.2) is 0 Å². The van der Waals surface area contributed by atoms with E-state index in [-0.39, 0.29) is 17.3 Å². The van der Waals surface area contributed by atoms with Crippen LogP contribution in [0.15, 0.2) is 33.9 Å². The zero-order chi connectivity index (χ0) is 14.7. The second-order valence-corrected chi connectivity index (χ2v) is 4.24. The van der Waals surface area contributed by atoms with Gasteiger partial charge >= 0.3 is 5.69 Å². The van der Waals surface area contributed by atoms with E-state index in [2.05, 4.69) is 10.3 Å². The van der Waals surface area contributed by atoms with Crippen LogP contribution >= 0.6 is 0 Å². The molecule has 1 aromatic carbocycles. The lowest BCUT2D eigenvalue weighted by Gasteiger charge is -2.12. The number of aromatic nitrogens is 2. The highest BCUT2D eigenvalue weighted by Gasteiger charge is 2.10. The van der Waals surface area contributed by atoms with Gasteiger partial charge in [-0.05, 0) is 24.6 Å². The van der Waals surface area contributed by atoms with Gasteiger partial charge in [0.25, 0.3) is 5.56 Å². The number of nitrogens with zero attached hydrogens (tertiary/aromatic N) is 1. The summed E-state index contributed by atoms with van der Waals surface area (Å²) in [7, 11) is 0. The number of anilines is 2. The Labute approximate surface area is 114 Å². The standard InChI is InChI=1S/C13H15FN4O2/c1-2-18-11(15)10(12(19)17-13(18)20)16-7-8-3-5-9(14)6-4-8/h3-6,16H,2,7,15H2,1H3,(H,17,19,20). The van der Waals surface area contributed by atoms with Gasteiger partial charge in [-0.1, -0.05) is 12.1 Å². The van der Waals surface area contributed by atoms with Crippen LogP contribution < -0.4 is 22.3 Å². The number of benzene rings is 1. The zero-order valence-corrected chi connectivity index (χ0v) is 10.9. The van der Waals surface area contributed by atoms with Gasteiger partial charge in [0.05, 0.1) is 0 Å². The summed E-state index contributed by atoms with van der Waals surface area (Å²) >= 11 is 0. The third kappa shape index (κ3) is 2.71. The summed E-state index contributed by atoms with van der Waals surface area (Å²) in [6.07, 6.45) is 0. The monoisotopic (exact) mass is 278 g/mol. The Morgan fingerprint density at radius 1 is 1.30 bits per heavy atom. The summed E-state index contributed by atoms with van der Waals surface area (Å²) in [5.74, 6) is -0.242. The number of nitrogens with one attached hydrogen (secondary N) is 2. The molecule has 0 aliphatic rings. The van der Waals surface area contributed by atoms with E-state index in [0.717, 1.165) is 5.56 Å². The molecule has 4 N–H and O–H groups in total. The molecule has 2 aromatic rings. The van der Waals surface area contributed by atoms with Crippen LogP contribution in [0.5, 0.6) is 0 Å². The summed E-state index contributed by atoms with van der Waals surface area (Å²) in [4.78, 5) is 25.4. The molecule has 6 nitrogen and oxygen atoms in total. The topological polar surface area (TPSA) is 92.9 Å². The van der Waals surface area contributed by atoms with E-state index in [1.54, 1.807) is 19.1 Å². The van der Waals surface area contributed by atoms with Crippen LogP contribution in [0.25, 0.3) is 0 Å². The minimum Gasteiger partial charge on any atom is -0.383 e. The van der Waals surface area contributed by atoms with Crippen molar-refractivity contribution in [2.45, 2.75) is 20.0 Å². The number of nitrogen functional groups attached to an aromatic ring is 1. The van der Waals surface area contributed by atoms with E-state index in [9.17, 15) is 14.0 Å². The minimum absolute atomic E-state index is 0.0864. The van der Waals surface area contributed by atoms with E-state index >= 15 is 0 Å². The molecule has 0 aliphatic carbocycles. The SMILES string of the molecule is CCn1c(N)c(NCc2ccc(F)cc2)c(=O)[nH]c1=O. The quantitative estimate of drug-likeness (QED) is 0.774. The van der Waals surface area contributed by atoms with Crippen LogP contribution in [-0.2, 0) is 13.1 Å². The predicted molar refractivity (Wildman–Crippen MR) is 75.1 cm³/mol. The maximum Gasteiger partial charge on any atom is 0.330 e. The fourth-order valence-electron chi connectivity index (χ4n) is 1.87. The Morgan fingerprint density at radius 2 is 1.95 bits per heavy atom. The van der Waals surface area contributed by atoms with E-state index < -0.39 is 11.2 Å². The van der Waals surface area contributed by atoms with Crippen molar-refractivity contribution in [1.29, 1.82) is 0 Å². The van der Waals surface area contributed by atoms with Gasteiger partial charge < -0.3 is 11.1 Å². The molecule has 0 unspecified atom stereocenters. The maximum atomic E-state index is 12.8. The molecule has 0 fully saturated rings. The van der Waals surface area contributed by atoms with E-state index in [1.165, 1.54) is 16.7 Å². The van der Waals surface area contributed by atoms with Crippen molar-refractivity contribution in [3.8, 4) is 0 Å². The summed E-state index contributed by atoms with van der Waals surface area (Å²) < 4.78 is 14.0. The molecule has 0 aliphatic heterocycles. The zero-order valence-electron chi connectivity index (χ0n) is 10.9. The molecule has 0 amide bonds. The molecule has 7 heteroatoms. The van der Waals surface area contributed by atoms with Gasteiger partial charge in [0.2, 0.25) is 0 Å². The number of rotatable bonds is 4. The van der Waals surface area contributed by atoms with Gasteiger partial charge in [-0.25, -0.2) is 9.18 Å². The van der Waals surface area contributed by atoms with Crippen molar-refractivity contribution < 1.29 is 4.39 Å². The van der Waals surface area contributed by atoms with Gasteiger partial charge in [-0.15, -0.1) is 0 Å². The fraction of sp³-hybridized carbons (Fsp3) is 0.231. The summed E-state index contributed by atoms with van der Waals surface area (Å²) in [5.41, 5.74) is 5.62. The van der Waals surface area contributed by atoms with Crippen LogP contribution in [0.2, 0.25) is 0 Å². The Hall–Kier alpha value is -2.57. The molecule has 0 bridgehead atoms. The third-order valence-corrected chi connectivity index (χ3v) is 2.94. The fourth-order valence-corrected chi connectivity index (χ4v) is 1.87. The number of aromatic amines is 1. The molecule has 1 aromatic heterocycles. The average Bonchev–Trinajstić information content (AvgIpc) is 2.40. The second-order valence-electron chi connectivity index (χ2n) is 4.24. The van der Waals surface area contributed by atoms with Crippen molar-refractivity contribution >= 4 is 11.5 Å². The first kappa shape index (κ1) is 13.9. The van der Waals surface area contributed by atoms with E-state index in [1.807, 2.05) is 0 Å². The maximum absolute atomic E-state index is 12.8. The summed E-state index contributed by atoms with van der Waals surface area (Å²) in [5, 5.41) is 2.87. The van der Waals surface area contributed by atoms with Crippen molar-refractivity contribution in [3.63, 3.8) is 0 Å². The van der Waals surface area contributed by atoms with Crippen molar-refractivity contribution in [2.24, 2.45) is 0 Å². The van der Waals surface area contributed by atoms with Crippen LogP contribution in [-0.4, -0.2) is 9.55 Å². The first-order valence-electron chi connectivity index (χ1n) is 6.13. The largest absolute Gasteiger partial charge is 0.383 e. The smallest absolute Gasteiger partial charge is 0.330 e. The number of hydrogen-bond donors (Lipinski definition) is 3. The minimum atomic E-state index is -0.570. The van der Waals surface area contributed by atoms with Crippen LogP contribution in [0, 0.1) is 5.82 Å². The molecule has 0 radical (unpaired) electrons. The highest BCUT2D eigenvalue weighted by Crippen LogP contribution is 2.12. The molecular formula is C13H15FN4O2. The van der Waals surface area contributed by atoms with Crippen molar-refractivity contribution in [1.82, 2.24) is 9.55 Å². The number of nitrogens with two attached hydrogens (primary N) is 1. The molecule has 0 spiro atoms. The van der Waals surface area contributed by atoms with Crippen LogP contribution in [0.4, 0.5) is 15.9 Å². The number of H-pyrrole nitrogens is 1. The Morgan fingerprint density at radius 3 is 2.55 bits per heavy atom. The summed E-state index contributed by atoms with van der Waals surface area (Å²) in [6, 6.07) is 5.86. The Balaban J connectivity index is 2.28. The van der Waals surface area contributed by atoms with Crippen LogP contribution in [0.1, 0.15) is 12.5 Å². The second kappa shape index (κ2) is 5.60. The lowest BCUT2D eigenvalue weighted by molar-refractivity contribution is 0.627. The Kier molecular flexibility index (Phi) is 3.88. The van der Waals surface area contributed by atoms with Crippen molar-refractivity contribution in [2.75, 3.05) is 11.1 Å². The predicted octanol–water partition coefficient (Wildman–Crippen LogP) is 0.890. The molecule has 0 saturated heterocycles. The van der Waals surface area contributed by atoms with Crippen LogP contribution in [0.3, 0.4) is 0 Å². The van der Waals surface area contributed by atoms with Gasteiger partial charge in [0, 0.05) is 13.1 Å².